The summed E-state index contributed by atoms with van der Waals surface area (Å²) in [6, 6.07) is 11.0. The van der Waals surface area contributed by atoms with E-state index in [1.807, 2.05) is 42.0 Å². The van der Waals surface area contributed by atoms with Crippen molar-refractivity contribution in [1.29, 1.82) is 0 Å². The predicted molar refractivity (Wildman–Crippen MR) is 121 cm³/mol. The molecule has 1 aliphatic carbocycles. The minimum atomic E-state index is 0. The predicted octanol–water partition coefficient (Wildman–Crippen LogP) is 3.50. The van der Waals surface area contributed by atoms with Crippen molar-refractivity contribution in [2.45, 2.75) is 43.6 Å². The molecule has 0 saturated heterocycles. The highest BCUT2D eigenvalue weighted by molar-refractivity contribution is 14.0. The zero-order valence-electron chi connectivity index (χ0n) is 15.4. The van der Waals surface area contributed by atoms with Crippen molar-refractivity contribution in [3.05, 3.63) is 53.9 Å². The number of thioether (sulfide) groups is 1. The van der Waals surface area contributed by atoms with Crippen LogP contribution in [-0.4, -0.2) is 40.3 Å². The smallest absolute Gasteiger partial charge is 0.191 e. The van der Waals surface area contributed by atoms with E-state index in [0.717, 1.165) is 24.3 Å². The Morgan fingerprint density at radius 3 is 2.73 bits per heavy atom. The minimum absolute atomic E-state index is 0. The molecule has 2 aromatic rings. The van der Waals surface area contributed by atoms with E-state index in [2.05, 4.69) is 51.2 Å². The number of hydrogen-bond acceptors (Lipinski definition) is 3. The van der Waals surface area contributed by atoms with E-state index in [-0.39, 0.29) is 24.0 Å². The Kier molecular flexibility index (Phi) is 8.77. The van der Waals surface area contributed by atoms with Gasteiger partial charge in [0.15, 0.2) is 5.96 Å². The molecule has 0 radical (unpaired) electrons. The Bertz CT molecular complexity index is 689. The number of benzene rings is 1. The highest BCUT2D eigenvalue weighted by Gasteiger charge is 2.24. The molecule has 2 unspecified atom stereocenters. The maximum Gasteiger partial charge on any atom is 0.191 e. The van der Waals surface area contributed by atoms with Crippen molar-refractivity contribution in [2.24, 2.45) is 4.99 Å². The Morgan fingerprint density at radius 1 is 1.27 bits per heavy atom. The fraction of sp³-hybridized carbons (Fsp3) is 0.474. The van der Waals surface area contributed by atoms with Crippen LogP contribution in [-0.2, 0) is 13.1 Å². The van der Waals surface area contributed by atoms with Crippen LogP contribution in [0.15, 0.2) is 47.7 Å². The van der Waals surface area contributed by atoms with Gasteiger partial charge in [-0.3, -0.25) is 9.67 Å². The first-order valence-electron chi connectivity index (χ1n) is 8.82. The second-order valence-corrected chi connectivity index (χ2v) is 7.55. The number of hydrogen-bond donors (Lipinski definition) is 2. The topological polar surface area (TPSA) is 54.2 Å². The highest BCUT2D eigenvalue weighted by Crippen LogP contribution is 2.28. The molecule has 3 rings (SSSR count). The van der Waals surface area contributed by atoms with Gasteiger partial charge in [0.25, 0.3) is 0 Å². The van der Waals surface area contributed by atoms with Gasteiger partial charge in [0, 0.05) is 37.3 Å². The molecule has 0 bridgehead atoms. The second-order valence-electron chi connectivity index (χ2n) is 6.41. The van der Waals surface area contributed by atoms with Gasteiger partial charge in [-0.25, -0.2) is 0 Å². The SMILES string of the molecule is CN=C(NCc1ccccc1Cn1cccn1)NC1CCC(SC)C1.I. The Labute approximate surface area is 177 Å². The van der Waals surface area contributed by atoms with Gasteiger partial charge in [-0.1, -0.05) is 24.3 Å². The lowest BCUT2D eigenvalue weighted by Gasteiger charge is -2.18. The normalized spacial score (nSPS) is 19.8. The number of halogens is 1. The zero-order valence-corrected chi connectivity index (χ0v) is 18.5. The molecule has 7 heteroatoms. The first-order chi connectivity index (χ1) is 12.3. The Hall–Kier alpha value is -1.22. The van der Waals surface area contributed by atoms with Crippen molar-refractivity contribution in [1.82, 2.24) is 20.4 Å². The fourth-order valence-corrected chi connectivity index (χ4v) is 4.10. The molecule has 1 aromatic heterocycles. The Balaban J connectivity index is 0.00000243. The number of nitrogens with zero attached hydrogens (tertiary/aromatic N) is 3. The zero-order chi connectivity index (χ0) is 17.5. The first kappa shape index (κ1) is 21.1. The molecule has 1 fully saturated rings. The van der Waals surface area contributed by atoms with Gasteiger partial charge in [0.05, 0.1) is 6.54 Å². The molecule has 1 heterocycles. The molecule has 0 amide bonds. The quantitative estimate of drug-likeness (QED) is 0.374. The van der Waals surface area contributed by atoms with Crippen molar-refractivity contribution in [2.75, 3.05) is 13.3 Å². The summed E-state index contributed by atoms with van der Waals surface area (Å²) in [6.45, 7) is 1.55. The molecular weight excluding hydrogens is 457 g/mol. The van der Waals surface area contributed by atoms with Crippen molar-refractivity contribution in [3.63, 3.8) is 0 Å². The van der Waals surface area contributed by atoms with Gasteiger partial charge in [-0.2, -0.15) is 16.9 Å². The maximum absolute atomic E-state index is 4.39. The summed E-state index contributed by atoms with van der Waals surface area (Å²) in [5.74, 6) is 0.889. The van der Waals surface area contributed by atoms with Gasteiger partial charge in [-0.15, -0.1) is 24.0 Å². The van der Waals surface area contributed by atoms with E-state index in [9.17, 15) is 0 Å². The van der Waals surface area contributed by atoms with Crippen molar-refractivity contribution < 1.29 is 0 Å². The summed E-state index contributed by atoms with van der Waals surface area (Å²) >= 11 is 1.98. The van der Waals surface area contributed by atoms with Crippen LogP contribution in [0.2, 0.25) is 0 Å². The third-order valence-electron chi connectivity index (χ3n) is 4.74. The van der Waals surface area contributed by atoms with Crippen molar-refractivity contribution >= 4 is 41.7 Å². The molecule has 1 saturated carbocycles. The van der Waals surface area contributed by atoms with Crippen LogP contribution in [0.3, 0.4) is 0 Å². The molecule has 1 aliphatic rings. The molecule has 26 heavy (non-hydrogen) atoms. The third-order valence-corrected chi connectivity index (χ3v) is 5.83. The summed E-state index contributed by atoms with van der Waals surface area (Å²) in [7, 11) is 1.84. The van der Waals surface area contributed by atoms with Gasteiger partial charge < -0.3 is 10.6 Å². The van der Waals surface area contributed by atoms with E-state index >= 15 is 0 Å². The number of guanidine groups is 1. The third kappa shape index (κ3) is 5.90. The van der Waals surface area contributed by atoms with Crippen LogP contribution in [0, 0.1) is 0 Å². The van der Waals surface area contributed by atoms with E-state index in [1.165, 1.54) is 30.4 Å². The molecular formula is C19H28IN5S. The largest absolute Gasteiger partial charge is 0.354 e. The summed E-state index contributed by atoms with van der Waals surface area (Å²) in [5.41, 5.74) is 2.55. The average molecular weight is 485 g/mol. The lowest BCUT2D eigenvalue weighted by molar-refractivity contribution is 0.613. The van der Waals surface area contributed by atoms with Crippen LogP contribution in [0.25, 0.3) is 0 Å². The summed E-state index contributed by atoms with van der Waals surface area (Å²) < 4.78 is 1.95. The van der Waals surface area contributed by atoms with Crippen LogP contribution in [0.5, 0.6) is 0 Å². The lowest BCUT2D eigenvalue weighted by atomic mass is 10.1. The van der Waals surface area contributed by atoms with E-state index in [0.29, 0.717) is 6.04 Å². The number of rotatable bonds is 6. The monoisotopic (exact) mass is 485 g/mol. The van der Waals surface area contributed by atoms with E-state index in [4.69, 9.17) is 0 Å². The van der Waals surface area contributed by atoms with Gasteiger partial charge in [-0.05, 0) is 42.7 Å². The van der Waals surface area contributed by atoms with E-state index in [1.54, 1.807) is 0 Å². The highest BCUT2D eigenvalue weighted by atomic mass is 127. The summed E-state index contributed by atoms with van der Waals surface area (Å²) in [4.78, 5) is 4.39. The van der Waals surface area contributed by atoms with Crippen LogP contribution in [0.1, 0.15) is 30.4 Å². The molecule has 2 N–H and O–H groups in total. The van der Waals surface area contributed by atoms with Crippen LogP contribution < -0.4 is 10.6 Å². The number of aliphatic imine (C=N–C) groups is 1. The average Bonchev–Trinajstić information content (AvgIpc) is 3.31. The van der Waals surface area contributed by atoms with Crippen LogP contribution in [0.4, 0.5) is 0 Å². The summed E-state index contributed by atoms with van der Waals surface area (Å²) in [5, 5.41) is 12.1. The fourth-order valence-electron chi connectivity index (χ4n) is 3.30. The van der Waals surface area contributed by atoms with E-state index < -0.39 is 0 Å². The van der Waals surface area contributed by atoms with Crippen molar-refractivity contribution in [3.8, 4) is 0 Å². The standard InChI is InChI=1S/C19H27N5S.HI/c1-20-19(23-17-8-9-18(12-17)25-2)21-13-15-6-3-4-7-16(15)14-24-11-5-10-22-24;/h3-7,10-11,17-18H,8-9,12-14H2,1-2H3,(H2,20,21,23);1H. The molecule has 142 valence electrons. The number of nitrogens with one attached hydrogen (secondary N) is 2. The number of aromatic nitrogens is 2. The van der Waals surface area contributed by atoms with Crippen LogP contribution >= 0.6 is 35.7 Å². The Morgan fingerprint density at radius 2 is 2.08 bits per heavy atom. The van der Waals surface area contributed by atoms with Gasteiger partial charge >= 0.3 is 0 Å². The molecule has 1 aromatic carbocycles. The maximum atomic E-state index is 4.39. The molecule has 2 atom stereocenters. The second kappa shape index (κ2) is 10.8. The molecule has 5 nitrogen and oxygen atoms in total. The van der Waals surface area contributed by atoms with Gasteiger partial charge in [0.1, 0.15) is 0 Å². The minimum Gasteiger partial charge on any atom is -0.354 e. The van der Waals surface area contributed by atoms with Gasteiger partial charge in [0.2, 0.25) is 0 Å². The first-order valence-corrected chi connectivity index (χ1v) is 10.1. The molecule has 0 aliphatic heterocycles. The lowest BCUT2D eigenvalue weighted by Crippen LogP contribution is -2.42. The molecule has 0 spiro atoms. The summed E-state index contributed by atoms with van der Waals surface area (Å²) in [6.07, 6.45) is 9.75.